The highest BCUT2D eigenvalue weighted by atomic mass is 32.2. The molecule has 0 radical (unpaired) electrons. The zero-order chi connectivity index (χ0) is 14.4. The fraction of sp³-hybridized carbons (Fsp3) is 0.429. The van der Waals surface area contributed by atoms with Crippen LogP contribution in [0.4, 0.5) is 5.69 Å². The standard InChI is InChI=1S/C14H18N2O3S/c1-2-19-11-6-4-3-5-10(11)16-13(17)9-12-14(18)15-7-8-20-12/h3-6,12H,2,7-9H2,1H3,(H,15,18)(H,16,17). The number of para-hydroxylation sites is 2. The van der Waals surface area contributed by atoms with Crippen molar-refractivity contribution in [3.63, 3.8) is 0 Å². The van der Waals surface area contributed by atoms with Gasteiger partial charge in [-0.1, -0.05) is 12.1 Å². The summed E-state index contributed by atoms with van der Waals surface area (Å²) in [5.74, 6) is 1.25. The van der Waals surface area contributed by atoms with E-state index in [1.165, 1.54) is 11.8 Å². The molecule has 1 aliphatic rings. The Balaban J connectivity index is 1.95. The average Bonchev–Trinajstić information content (AvgIpc) is 2.44. The van der Waals surface area contributed by atoms with E-state index in [1.54, 1.807) is 12.1 Å². The van der Waals surface area contributed by atoms with Gasteiger partial charge in [-0.15, -0.1) is 11.8 Å². The number of thioether (sulfide) groups is 1. The van der Waals surface area contributed by atoms with Crippen LogP contribution >= 0.6 is 11.8 Å². The van der Waals surface area contributed by atoms with Crippen molar-refractivity contribution in [3.8, 4) is 5.75 Å². The maximum atomic E-state index is 12.0. The van der Waals surface area contributed by atoms with Crippen molar-refractivity contribution in [2.45, 2.75) is 18.6 Å². The number of hydrogen-bond acceptors (Lipinski definition) is 4. The smallest absolute Gasteiger partial charge is 0.233 e. The van der Waals surface area contributed by atoms with Gasteiger partial charge < -0.3 is 15.4 Å². The van der Waals surface area contributed by atoms with Crippen LogP contribution in [0.5, 0.6) is 5.75 Å². The monoisotopic (exact) mass is 294 g/mol. The lowest BCUT2D eigenvalue weighted by Crippen LogP contribution is -2.40. The molecule has 5 nitrogen and oxygen atoms in total. The Morgan fingerprint density at radius 1 is 1.50 bits per heavy atom. The van der Waals surface area contributed by atoms with Gasteiger partial charge in [0.15, 0.2) is 0 Å². The Labute approximate surface area is 122 Å². The molecular formula is C14H18N2O3S. The first kappa shape index (κ1) is 14.7. The maximum absolute atomic E-state index is 12.0. The van der Waals surface area contributed by atoms with E-state index in [2.05, 4.69) is 10.6 Å². The number of carbonyl (C=O) groups excluding carboxylic acids is 2. The van der Waals surface area contributed by atoms with Crippen molar-refractivity contribution in [2.24, 2.45) is 0 Å². The van der Waals surface area contributed by atoms with Gasteiger partial charge in [0.25, 0.3) is 0 Å². The predicted octanol–water partition coefficient (Wildman–Crippen LogP) is 1.65. The van der Waals surface area contributed by atoms with Gasteiger partial charge in [0, 0.05) is 18.7 Å². The molecule has 0 aromatic heterocycles. The van der Waals surface area contributed by atoms with Crippen LogP contribution < -0.4 is 15.4 Å². The van der Waals surface area contributed by atoms with Crippen LogP contribution in [0.15, 0.2) is 24.3 Å². The first-order valence-electron chi connectivity index (χ1n) is 6.61. The summed E-state index contributed by atoms with van der Waals surface area (Å²) < 4.78 is 5.45. The van der Waals surface area contributed by atoms with Gasteiger partial charge in [-0.25, -0.2) is 0 Å². The van der Waals surface area contributed by atoms with Gasteiger partial charge in [0.2, 0.25) is 11.8 Å². The fourth-order valence-electron chi connectivity index (χ4n) is 1.94. The van der Waals surface area contributed by atoms with Crippen LogP contribution in [0.1, 0.15) is 13.3 Å². The summed E-state index contributed by atoms with van der Waals surface area (Å²) in [6, 6.07) is 7.28. The van der Waals surface area contributed by atoms with Crippen LogP contribution in [-0.4, -0.2) is 36.0 Å². The molecule has 0 saturated carbocycles. The molecule has 0 aliphatic carbocycles. The number of rotatable bonds is 5. The van der Waals surface area contributed by atoms with E-state index in [4.69, 9.17) is 4.74 Å². The third-order valence-electron chi connectivity index (χ3n) is 2.84. The summed E-state index contributed by atoms with van der Waals surface area (Å²) in [5.41, 5.74) is 0.639. The van der Waals surface area contributed by atoms with E-state index in [9.17, 15) is 9.59 Å². The molecule has 1 fully saturated rings. The summed E-state index contributed by atoms with van der Waals surface area (Å²) in [6.07, 6.45) is 0.178. The largest absolute Gasteiger partial charge is 0.492 e. The van der Waals surface area contributed by atoms with E-state index < -0.39 is 0 Å². The molecule has 1 aromatic rings. The number of carbonyl (C=O) groups is 2. The van der Waals surface area contributed by atoms with Crippen LogP contribution in [0.2, 0.25) is 0 Å². The highest BCUT2D eigenvalue weighted by molar-refractivity contribution is 8.00. The molecule has 1 heterocycles. The highest BCUT2D eigenvalue weighted by Crippen LogP contribution is 2.25. The number of amides is 2. The molecule has 2 amide bonds. The highest BCUT2D eigenvalue weighted by Gasteiger charge is 2.25. The topological polar surface area (TPSA) is 67.4 Å². The second-order valence-electron chi connectivity index (χ2n) is 4.33. The molecule has 2 N–H and O–H groups in total. The lowest BCUT2D eigenvalue weighted by Gasteiger charge is -2.21. The Hall–Kier alpha value is -1.69. The zero-order valence-electron chi connectivity index (χ0n) is 11.3. The lowest BCUT2D eigenvalue weighted by molar-refractivity contribution is -0.123. The predicted molar refractivity (Wildman–Crippen MR) is 80.1 cm³/mol. The maximum Gasteiger partial charge on any atom is 0.233 e. The van der Waals surface area contributed by atoms with Crippen molar-refractivity contribution in [1.82, 2.24) is 5.32 Å². The SMILES string of the molecule is CCOc1ccccc1NC(=O)CC1SCCNC1=O. The number of anilines is 1. The van der Waals surface area contributed by atoms with Gasteiger partial charge in [0.1, 0.15) is 5.75 Å². The second kappa shape index (κ2) is 7.19. The first-order chi connectivity index (χ1) is 9.70. The summed E-state index contributed by atoms with van der Waals surface area (Å²) in [5, 5.41) is 5.27. The molecule has 20 heavy (non-hydrogen) atoms. The van der Waals surface area contributed by atoms with Gasteiger partial charge in [-0.3, -0.25) is 9.59 Å². The van der Waals surface area contributed by atoms with Gasteiger partial charge in [0.05, 0.1) is 17.5 Å². The minimum Gasteiger partial charge on any atom is -0.492 e. The molecule has 1 unspecified atom stereocenters. The van der Waals surface area contributed by atoms with E-state index in [0.29, 0.717) is 24.6 Å². The molecular weight excluding hydrogens is 276 g/mol. The first-order valence-corrected chi connectivity index (χ1v) is 7.66. The Morgan fingerprint density at radius 3 is 3.05 bits per heavy atom. The third kappa shape index (κ3) is 3.90. The third-order valence-corrected chi connectivity index (χ3v) is 4.07. The Morgan fingerprint density at radius 2 is 2.30 bits per heavy atom. The van der Waals surface area contributed by atoms with Crippen LogP contribution in [-0.2, 0) is 9.59 Å². The summed E-state index contributed by atoms with van der Waals surface area (Å²) in [6.45, 7) is 3.10. The Kier molecular flexibility index (Phi) is 5.29. The normalized spacial score (nSPS) is 18.2. The van der Waals surface area contributed by atoms with Crippen LogP contribution in [0, 0.1) is 0 Å². The van der Waals surface area contributed by atoms with Crippen molar-refractivity contribution in [2.75, 3.05) is 24.2 Å². The number of hydrogen-bond donors (Lipinski definition) is 2. The van der Waals surface area contributed by atoms with E-state index in [1.807, 2.05) is 19.1 Å². The van der Waals surface area contributed by atoms with Crippen molar-refractivity contribution in [3.05, 3.63) is 24.3 Å². The summed E-state index contributed by atoms with van der Waals surface area (Å²) in [4.78, 5) is 23.6. The van der Waals surface area contributed by atoms with Gasteiger partial charge in [-0.2, -0.15) is 0 Å². The quantitative estimate of drug-likeness (QED) is 0.866. The molecule has 108 valence electrons. The Bertz CT molecular complexity index is 493. The number of ether oxygens (including phenoxy) is 1. The lowest BCUT2D eigenvalue weighted by atomic mass is 10.2. The molecule has 6 heteroatoms. The van der Waals surface area contributed by atoms with Crippen molar-refractivity contribution in [1.29, 1.82) is 0 Å². The molecule has 1 aromatic carbocycles. The minimum absolute atomic E-state index is 0.0607. The number of benzene rings is 1. The minimum atomic E-state index is -0.303. The van der Waals surface area contributed by atoms with Gasteiger partial charge >= 0.3 is 0 Å². The molecule has 1 atom stereocenters. The van der Waals surface area contributed by atoms with Crippen LogP contribution in [0.3, 0.4) is 0 Å². The van der Waals surface area contributed by atoms with Crippen molar-refractivity contribution < 1.29 is 14.3 Å². The van der Waals surface area contributed by atoms with Crippen molar-refractivity contribution >= 4 is 29.3 Å². The van der Waals surface area contributed by atoms with E-state index in [0.717, 1.165) is 5.75 Å². The molecule has 1 saturated heterocycles. The molecule has 0 bridgehead atoms. The van der Waals surface area contributed by atoms with Gasteiger partial charge in [-0.05, 0) is 19.1 Å². The summed E-state index contributed by atoms with van der Waals surface area (Å²) in [7, 11) is 0. The number of nitrogens with one attached hydrogen (secondary N) is 2. The molecule has 0 spiro atoms. The average molecular weight is 294 g/mol. The van der Waals surface area contributed by atoms with Crippen LogP contribution in [0.25, 0.3) is 0 Å². The second-order valence-corrected chi connectivity index (χ2v) is 5.64. The summed E-state index contributed by atoms with van der Waals surface area (Å²) >= 11 is 1.52. The molecule has 1 aliphatic heterocycles. The fourth-order valence-corrected chi connectivity index (χ4v) is 2.95. The zero-order valence-corrected chi connectivity index (χ0v) is 12.2. The van der Waals surface area contributed by atoms with E-state index in [-0.39, 0.29) is 23.5 Å². The molecule has 2 rings (SSSR count). The van der Waals surface area contributed by atoms with E-state index >= 15 is 0 Å².